The second kappa shape index (κ2) is 4.85. The SMILES string of the molecule is CC1(C)CC(=O)C2C(=Nc3n[nH]c(F)c3C2(C)c2ccccc2)C1. The normalized spacial score (nSPS) is 28.1. The lowest BCUT2D eigenvalue weighted by atomic mass is 9.57. The van der Waals surface area contributed by atoms with E-state index in [1.165, 1.54) is 0 Å². The van der Waals surface area contributed by atoms with E-state index in [4.69, 9.17) is 0 Å². The Hall–Kier alpha value is -2.30. The van der Waals surface area contributed by atoms with Crippen molar-refractivity contribution in [2.75, 3.05) is 0 Å². The van der Waals surface area contributed by atoms with Crippen LogP contribution in [0, 0.1) is 17.3 Å². The maximum atomic E-state index is 14.6. The molecular weight excluding hydrogens is 305 g/mol. The van der Waals surface area contributed by atoms with Gasteiger partial charge in [0.25, 0.3) is 0 Å². The molecule has 2 unspecified atom stereocenters. The number of fused-ring (bicyclic) bond motifs is 2. The highest BCUT2D eigenvalue weighted by molar-refractivity contribution is 6.11. The van der Waals surface area contributed by atoms with Gasteiger partial charge in [-0.3, -0.25) is 9.89 Å². The van der Waals surface area contributed by atoms with Crippen LogP contribution in [-0.4, -0.2) is 21.7 Å². The highest BCUT2D eigenvalue weighted by atomic mass is 19.1. The molecule has 1 N–H and O–H groups in total. The van der Waals surface area contributed by atoms with Gasteiger partial charge in [0.1, 0.15) is 5.78 Å². The number of nitrogens with zero attached hydrogens (tertiary/aromatic N) is 2. The molecule has 4 nitrogen and oxygen atoms in total. The van der Waals surface area contributed by atoms with Gasteiger partial charge in [-0.25, -0.2) is 4.99 Å². The Labute approximate surface area is 140 Å². The first-order chi connectivity index (χ1) is 11.3. The topological polar surface area (TPSA) is 58.1 Å². The van der Waals surface area contributed by atoms with E-state index >= 15 is 0 Å². The molecule has 0 radical (unpaired) electrons. The Morgan fingerprint density at radius 2 is 1.88 bits per heavy atom. The van der Waals surface area contributed by atoms with E-state index in [1.54, 1.807) is 0 Å². The van der Waals surface area contributed by atoms with Gasteiger partial charge in [0.05, 0.1) is 11.5 Å². The van der Waals surface area contributed by atoms with Crippen molar-refractivity contribution >= 4 is 17.3 Å². The fourth-order valence-electron chi connectivity index (χ4n) is 4.40. The lowest BCUT2D eigenvalue weighted by Crippen LogP contribution is -2.50. The third kappa shape index (κ3) is 2.00. The molecule has 24 heavy (non-hydrogen) atoms. The molecule has 0 amide bonds. The number of halogens is 1. The maximum absolute atomic E-state index is 14.6. The highest BCUT2D eigenvalue weighted by Gasteiger charge is 2.54. The third-order valence-corrected chi connectivity index (χ3v) is 5.39. The molecule has 0 saturated heterocycles. The second-order valence-electron chi connectivity index (χ2n) is 7.82. The molecule has 0 spiro atoms. The van der Waals surface area contributed by atoms with Crippen LogP contribution in [-0.2, 0) is 10.2 Å². The summed E-state index contributed by atoms with van der Waals surface area (Å²) in [6.45, 7) is 6.09. The summed E-state index contributed by atoms with van der Waals surface area (Å²) >= 11 is 0. The summed E-state index contributed by atoms with van der Waals surface area (Å²) in [5.74, 6) is -0.442. The van der Waals surface area contributed by atoms with Crippen molar-refractivity contribution in [3.8, 4) is 0 Å². The van der Waals surface area contributed by atoms with Gasteiger partial charge in [0, 0.05) is 17.5 Å². The number of carbonyl (C=O) groups excluding carboxylic acids is 1. The number of aliphatic imine (C=N–C) groups is 1. The van der Waals surface area contributed by atoms with Crippen LogP contribution in [0.2, 0.25) is 0 Å². The first-order valence-electron chi connectivity index (χ1n) is 8.23. The van der Waals surface area contributed by atoms with E-state index in [0.717, 1.165) is 17.7 Å². The average Bonchev–Trinajstić information content (AvgIpc) is 2.88. The first kappa shape index (κ1) is 15.2. The molecule has 1 aliphatic carbocycles. The molecule has 1 aromatic carbocycles. The summed E-state index contributed by atoms with van der Waals surface area (Å²) in [7, 11) is 0. The van der Waals surface area contributed by atoms with Gasteiger partial charge < -0.3 is 0 Å². The number of rotatable bonds is 1. The minimum Gasteiger partial charge on any atom is -0.299 e. The molecular formula is C19H20FN3O. The van der Waals surface area contributed by atoms with Crippen LogP contribution in [0.1, 0.15) is 44.7 Å². The van der Waals surface area contributed by atoms with Gasteiger partial charge >= 0.3 is 0 Å². The zero-order valence-corrected chi connectivity index (χ0v) is 14.1. The molecule has 1 aromatic heterocycles. The summed E-state index contributed by atoms with van der Waals surface area (Å²) in [6, 6.07) is 9.66. The summed E-state index contributed by atoms with van der Waals surface area (Å²) in [5, 5.41) is 6.46. The van der Waals surface area contributed by atoms with Crippen LogP contribution in [0.5, 0.6) is 0 Å². The molecule has 1 aliphatic heterocycles. The number of hydrogen-bond donors (Lipinski definition) is 1. The minimum absolute atomic E-state index is 0.127. The maximum Gasteiger partial charge on any atom is 0.215 e. The molecule has 1 saturated carbocycles. The molecule has 124 valence electrons. The van der Waals surface area contributed by atoms with Gasteiger partial charge in [-0.1, -0.05) is 51.1 Å². The van der Waals surface area contributed by atoms with Crippen LogP contribution in [0.25, 0.3) is 0 Å². The Morgan fingerprint density at radius 3 is 2.58 bits per heavy atom. The van der Waals surface area contributed by atoms with E-state index in [1.807, 2.05) is 37.3 Å². The number of benzene rings is 1. The predicted octanol–water partition coefficient (Wildman–Crippen LogP) is 3.95. The van der Waals surface area contributed by atoms with Crippen molar-refractivity contribution in [1.29, 1.82) is 0 Å². The molecule has 1 fully saturated rings. The number of aromatic amines is 1. The summed E-state index contributed by atoms with van der Waals surface area (Å²) in [4.78, 5) is 17.6. The van der Waals surface area contributed by atoms with Crippen LogP contribution in [0.3, 0.4) is 0 Å². The zero-order valence-electron chi connectivity index (χ0n) is 14.1. The zero-order chi connectivity index (χ0) is 17.1. The van der Waals surface area contributed by atoms with Crippen LogP contribution in [0.4, 0.5) is 10.2 Å². The average molecular weight is 325 g/mol. The minimum atomic E-state index is -0.793. The second-order valence-corrected chi connectivity index (χ2v) is 7.82. The number of carbonyl (C=O) groups is 1. The standard InChI is InChI=1S/C19H20FN3O/c1-18(2)9-12-14(13(24)10-18)19(3,11-7-5-4-6-8-11)15-16(20)22-23-17(15)21-12/h4-8,14H,9-10H2,1-3H3,(H,22,23). The monoisotopic (exact) mass is 325 g/mol. The fourth-order valence-corrected chi connectivity index (χ4v) is 4.40. The largest absolute Gasteiger partial charge is 0.299 e. The van der Waals surface area contributed by atoms with Gasteiger partial charge in [-0.15, -0.1) is 0 Å². The van der Waals surface area contributed by atoms with Crippen LogP contribution in [0.15, 0.2) is 35.3 Å². The number of ketones is 1. The van der Waals surface area contributed by atoms with Gasteiger partial charge in [-0.2, -0.15) is 9.49 Å². The number of Topliss-reactive ketones (excluding diaryl/α,β-unsaturated/α-hetero) is 1. The third-order valence-electron chi connectivity index (χ3n) is 5.39. The Balaban J connectivity index is 2.00. The molecule has 2 heterocycles. The molecule has 2 atom stereocenters. The number of hydrogen-bond acceptors (Lipinski definition) is 3. The molecule has 2 aromatic rings. The van der Waals surface area contributed by atoms with E-state index < -0.39 is 17.3 Å². The van der Waals surface area contributed by atoms with Crippen molar-refractivity contribution in [3.05, 3.63) is 47.4 Å². The smallest absolute Gasteiger partial charge is 0.215 e. The van der Waals surface area contributed by atoms with E-state index in [0.29, 0.717) is 17.8 Å². The first-order valence-corrected chi connectivity index (χ1v) is 8.23. The Kier molecular flexibility index (Phi) is 3.08. The summed E-state index contributed by atoms with van der Waals surface area (Å²) in [5.41, 5.74) is 1.21. The van der Waals surface area contributed by atoms with Crippen molar-refractivity contribution in [3.63, 3.8) is 0 Å². The van der Waals surface area contributed by atoms with E-state index in [2.05, 4.69) is 29.0 Å². The number of aromatic nitrogens is 2. The fraction of sp³-hybridized carbons (Fsp3) is 0.421. The molecule has 4 rings (SSSR count). The van der Waals surface area contributed by atoms with Gasteiger partial charge in [0.15, 0.2) is 5.82 Å². The van der Waals surface area contributed by atoms with Crippen molar-refractivity contribution in [1.82, 2.24) is 10.2 Å². The summed E-state index contributed by atoms with van der Waals surface area (Å²) < 4.78 is 14.6. The summed E-state index contributed by atoms with van der Waals surface area (Å²) in [6.07, 6.45) is 1.20. The molecule has 5 heteroatoms. The van der Waals surface area contributed by atoms with Gasteiger partial charge in [-0.05, 0) is 17.4 Å². The Morgan fingerprint density at radius 1 is 1.17 bits per heavy atom. The number of nitrogens with one attached hydrogen (secondary N) is 1. The highest BCUT2D eigenvalue weighted by Crippen LogP contribution is 2.52. The lowest BCUT2D eigenvalue weighted by Gasteiger charge is -2.45. The van der Waals surface area contributed by atoms with Crippen molar-refractivity contribution in [2.24, 2.45) is 16.3 Å². The van der Waals surface area contributed by atoms with Crippen LogP contribution >= 0.6 is 0 Å². The number of H-pyrrole nitrogens is 1. The van der Waals surface area contributed by atoms with E-state index in [-0.39, 0.29) is 11.2 Å². The van der Waals surface area contributed by atoms with Crippen LogP contribution < -0.4 is 0 Å². The van der Waals surface area contributed by atoms with Gasteiger partial charge in [0.2, 0.25) is 5.95 Å². The van der Waals surface area contributed by atoms with E-state index in [9.17, 15) is 9.18 Å². The van der Waals surface area contributed by atoms with Crippen molar-refractivity contribution < 1.29 is 9.18 Å². The Bertz CT molecular complexity index is 853. The lowest BCUT2D eigenvalue weighted by molar-refractivity contribution is -0.125. The molecule has 2 aliphatic rings. The quantitative estimate of drug-likeness (QED) is 0.863. The predicted molar refractivity (Wildman–Crippen MR) is 90.0 cm³/mol. The van der Waals surface area contributed by atoms with Crippen molar-refractivity contribution in [2.45, 2.75) is 39.0 Å². The molecule has 0 bridgehead atoms.